The number of nitrogens with one attached hydrogen (secondary N) is 1. The van der Waals surface area contributed by atoms with Crippen molar-refractivity contribution >= 4 is 17.3 Å². The molecule has 7 nitrogen and oxygen atoms in total. The molecule has 0 aromatic heterocycles. The second-order valence-corrected chi connectivity index (χ2v) is 5.09. The lowest BCUT2D eigenvalue weighted by atomic mass is 10.1. The van der Waals surface area contributed by atoms with Gasteiger partial charge in [0.2, 0.25) is 5.91 Å². The van der Waals surface area contributed by atoms with Gasteiger partial charge in [0, 0.05) is 31.6 Å². The van der Waals surface area contributed by atoms with Crippen molar-refractivity contribution < 1.29 is 14.8 Å². The van der Waals surface area contributed by atoms with Gasteiger partial charge in [-0.2, -0.15) is 0 Å². The lowest BCUT2D eigenvalue weighted by Gasteiger charge is -2.17. The standard InChI is InChI=1S/C14H19N3O4/c1-2-14(19)16-6-5-11(8-16)15-12-7-10(9-18)3-4-13(12)17(20)21/h3-4,7,11,15,18H,2,5-6,8-9H2,1H3. The van der Waals surface area contributed by atoms with Gasteiger partial charge in [0.15, 0.2) is 0 Å². The van der Waals surface area contributed by atoms with Crippen molar-refractivity contribution in [1.29, 1.82) is 0 Å². The third-order valence-electron chi connectivity index (χ3n) is 3.64. The van der Waals surface area contributed by atoms with Crippen molar-refractivity contribution in [3.63, 3.8) is 0 Å². The van der Waals surface area contributed by atoms with E-state index in [2.05, 4.69) is 5.32 Å². The molecular formula is C14H19N3O4. The summed E-state index contributed by atoms with van der Waals surface area (Å²) in [5.74, 6) is 0.0953. The van der Waals surface area contributed by atoms with Gasteiger partial charge in [-0.15, -0.1) is 0 Å². The van der Waals surface area contributed by atoms with Crippen LogP contribution < -0.4 is 5.32 Å². The Balaban J connectivity index is 2.12. The molecule has 21 heavy (non-hydrogen) atoms. The van der Waals surface area contributed by atoms with Gasteiger partial charge in [-0.1, -0.05) is 6.92 Å². The number of carbonyl (C=O) groups excluding carboxylic acids is 1. The van der Waals surface area contributed by atoms with Crippen LogP contribution in [0, 0.1) is 10.1 Å². The number of benzene rings is 1. The highest BCUT2D eigenvalue weighted by Crippen LogP contribution is 2.27. The monoisotopic (exact) mass is 293 g/mol. The first-order chi connectivity index (χ1) is 10.0. The van der Waals surface area contributed by atoms with E-state index in [1.54, 1.807) is 11.0 Å². The summed E-state index contributed by atoms with van der Waals surface area (Å²) >= 11 is 0. The smallest absolute Gasteiger partial charge is 0.292 e. The Labute approximate surface area is 122 Å². The number of nitrogens with zero attached hydrogens (tertiary/aromatic N) is 2. The lowest BCUT2D eigenvalue weighted by molar-refractivity contribution is -0.384. The first-order valence-electron chi connectivity index (χ1n) is 6.97. The van der Waals surface area contributed by atoms with Gasteiger partial charge in [0.1, 0.15) is 5.69 Å². The van der Waals surface area contributed by atoms with Crippen LogP contribution in [0.5, 0.6) is 0 Å². The number of amides is 1. The number of hydrogen-bond donors (Lipinski definition) is 2. The third-order valence-corrected chi connectivity index (χ3v) is 3.64. The van der Waals surface area contributed by atoms with Crippen LogP contribution >= 0.6 is 0 Å². The average Bonchev–Trinajstić information content (AvgIpc) is 2.94. The first-order valence-corrected chi connectivity index (χ1v) is 6.97. The Morgan fingerprint density at radius 2 is 2.33 bits per heavy atom. The van der Waals surface area contributed by atoms with E-state index >= 15 is 0 Å². The Morgan fingerprint density at radius 1 is 1.57 bits per heavy atom. The van der Waals surface area contributed by atoms with Crippen LogP contribution in [0.2, 0.25) is 0 Å². The predicted octanol–water partition coefficient (Wildman–Crippen LogP) is 1.51. The molecule has 1 aliphatic heterocycles. The molecule has 2 rings (SSSR count). The fraction of sp³-hybridized carbons (Fsp3) is 0.500. The summed E-state index contributed by atoms with van der Waals surface area (Å²) in [6.45, 7) is 2.86. The molecule has 1 heterocycles. The van der Waals surface area contributed by atoms with Crippen LogP contribution in [0.25, 0.3) is 0 Å². The molecule has 0 spiro atoms. The Kier molecular flexibility index (Phi) is 4.74. The minimum atomic E-state index is -0.451. The van der Waals surface area contributed by atoms with Crippen molar-refractivity contribution in [2.24, 2.45) is 0 Å². The quantitative estimate of drug-likeness (QED) is 0.633. The maximum atomic E-state index is 11.6. The molecule has 0 bridgehead atoms. The second-order valence-electron chi connectivity index (χ2n) is 5.09. The summed E-state index contributed by atoms with van der Waals surface area (Å²) < 4.78 is 0. The van der Waals surface area contributed by atoms with E-state index < -0.39 is 4.92 Å². The van der Waals surface area contributed by atoms with E-state index in [4.69, 9.17) is 5.11 Å². The van der Waals surface area contributed by atoms with Crippen LogP contribution in [-0.2, 0) is 11.4 Å². The van der Waals surface area contributed by atoms with Gasteiger partial charge in [-0.25, -0.2) is 0 Å². The summed E-state index contributed by atoms with van der Waals surface area (Å²) in [6.07, 6.45) is 1.22. The molecule has 1 aliphatic rings. The zero-order valence-electron chi connectivity index (χ0n) is 11.9. The number of aliphatic hydroxyl groups is 1. The summed E-state index contributed by atoms with van der Waals surface area (Å²) in [6, 6.07) is 4.50. The minimum absolute atomic E-state index is 0.00635. The van der Waals surface area contributed by atoms with Gasteiger partial charge in [-0.3, -0.25) is 14.9 Å². The van der Waals surface area contributed by atoms with Crippen molar-refractivity contribution in [1.82, 2.24) is 4.90 Å². The highest BCUT2D eigenvalue weighted by atomic mass is 16.6. The number of hydrogen-bond acceptors (Lipinski definition) is 5. The van der Waals surface area contributed by atoms with Crippen LogP contribution in [0.4, 0.5) is 11.4 Å². The van der Waals surface area contributed by atoms with Crippen LogP contribution in [0.1, 0.15) is 25.3 Å². The SMILES string of the molecule is CCC(=O)N1CCC(Nc2cc(CO)ccc2[N+](=O)[O-])C1. The van der Waals surface area contributed by atoms with E-state index in [0.717, 1.165) is 6.42 Å². The molecule has 114 valence electrons. The summed E-state index contributed by atoms with van der Waals surface area (Å²) in [7, 11) is 0. The van der Waals surface area contributed by atoms with E-state index in [1.165, 1.54) is 12.1 Å². The average molecular weight is 293 g/mol. The van der Waals surface area contributed by atoms with Gasteiger partial charge < -0.3 is 15.3 Å². The molecule has 0 aliphatic carbocycles. The van der Waals surface area contributed by atoms with Crippen LogP contribution in [0.15, 0.2) is 18.2 Å². The van der Waals surface area contributed by atoms with Gasteiger partial charge in [0.25, 0.3) is 5.69 Å². The Bertz CT molecular complexity index is 547. The van der Waals surface area contributed by atoms with Gasteiger partial charge >= 0.3 is 0 Å². The number of anilines is 1. The topological polar surface area (TPSA) is 95.7 Å². The van der Waals surface area contributed by atoms with Crippen molar-refractivity contribution in [3.8, 4) is 0 Å². The number of carbonyl (C=O) groups is 1. The number of nitro benzene ring substituents is 1. The molecule has 1 fully saturated rings. The second kappa shape index (κ2) is 6.53. The molecule has 1 aromatic carbocycles. The summed E-state index contributed by atoms with van der Waals surface area (Å²) in [5.41, 5.74) is 0.984. The fourth-order valence-electron chi connectivity index (χ4n) is 2.50. The van der Waals surface area contributed by atoms with Crippen molar-refractivity contribution in [3.05, 3.63) is 33.9 Å². The molecule has 2 N–H and O–H groups in total. The van der Waals surface area contributed by atoms with E-state index in [1.807, 2.05) is 6.92 Å². The Hall–Kier alpha value is -2.15. The van der Waals surface area contributed by atoms with E-state index in [-0.39, 0.29) is 24.2 Å². The predicted molar refractivity (Wildman–Crippen MR) is 77.9 cm³/mol. The van der Waals surface area contributed by atoms with Gasteiger partial charge in [0.05, 0.1) is 11.5 Å². The third kappa shape index (κ3) is 3.49. The maximum Gasteiger partial charge on any atom is 0.292 e. The largest absolute Gasteiger partial charge is 0.392 e. The summed E-state index contributed by atoms with van der Waals surface area (Å²) in [5, 5.41) is 23.3. The zero-order valence-corrected chi connectivity index (χ0v) is 11.9. The number of likely N-dealkylation sites (tertiary alicyclic amines) is 1. The normalized spacial score (nSPS) is 17.8. The lowest BCUT2D eigenvalue weighted by Crippen LogP contribution is -2.31. The molecule has 7 heteroatoms. The first kappa shape index (κ1) is 15.2. The Morgan fingerprint density at radius 3 is 2.95 bits per heavy atom. The molecule has 1 amide bonds. The summed E-state index contributed by atoms with van der Waals surface area (Å²) in [4.78, 5) is 24.0. The molecule has 1 aromatic rings. The molecule has 0 saturated carbocycles. The highest BCUT2D eigenvalue weighted by molar-refractivity contribution is 5.76. The number of aliphatic hydroxyl groups excluding tert-OH is 1. The minimum Gasteiger partial charge on any atom is -0.392 e. The molecule has 1 unspecified atom stereocenters. The van der Waals surface area contributed by atoms with E-state index in [0.29, 0.717) is 30.8 Å². The maximum absolute atomic E-state index is 11.6. The van der Waals surface area contributed by atoms with Gasteiger partial charge in [-0.05, 0) is 24.1 Å². The fourth-order valence-corrected chi connectivity index (χ4v) is 2.50. The van der Waals surface area contributed by atoms with Crippen molar-refractivity contribution in [2.45, 2.75) is 32.4 Å². The van der Waals surface area contributed by atoms with Crippen LogP contribution in [0.3, 0.4) is 0 Å². The molecular weight excluding hydrogens is 274 g/mol. The van der Waals surface area contributed by atoms with E-state index in [9.17, 15) is 14.9 Å². The van der Waals surface area contributed by atoms with Crippen molar-refractivity contribution in [2.75, 3.05) is 18.4 Å². The highest BCUT2D eigenvalue weighted by Gasteiger charge is 2.27. The molecule has 1 atom stereocenters. The zero-order chi connectivity index (χ0) is 15.4. The number of rotatable bonds is 5. The molecule has 1 saturated heterocycles. The number of nitro groups is 1. The van der Waals surface area contributed by atoms with Crippen LogP contribution in [-0.4, -0.2) is 40.0 Å². The molecule has 0 radical (unpaired) electrons.